The zero-order valence-electron chi connectivity index (χ0n) is 6.00. The third-order valence-electron chi connectivity index (χ3n) is 1.33. The lowest BCUT2D eigenvalue weighted by Crippen LogP contribution is -2.34. The second-order valence-electron chi connectivity index (χ2n) is 1.99. The number of nitrogens with zero attached hydrogens (tertiary/aromatic N) is 1. The lowest BCUT2D eigenvalue weighted by atomic mass is 10.4. The fourth-order valence-corrected chi connectivity index (χ4v) is 0.938. The first-order valence-corrected chi connectivity index (χ1v) is 2.97. The molecule has 0 atom stereocenters. The van der Waals surface area contributed by atoms with Gasteiger partial charge >= 0.3 is 0 Å². The molecular weight excluding hydrogens is 175 g/mol. The van der Waals surface area contributed by atoms with Gasteiger partial charge in [-0.1, -0.05) is 0 Å². The van der Waals surface area contributed by atoms with Crippen LogP contribution in [0.3, 0.4) is 0 Å². The van der Waals surface area contributed by atoms with E-state index >= 15 is 0 Å². The van der Waals surface area contributed by atoms with E-state index in [1.807, 2.05) is 0 Å². The molecular formula is C5H14Cl2N2O. The van der Waals surface area contributed by atoms with Gasteiger partial charge in [-0.15, -0.1) is 30.4 Å². The Labute approximate surface area is 73.8 Å². The van der Waals surface area contributed by atoms with Crippen molar-refractivity contribution in [2.45, 2.75) is 12.8 Å². The molecule has 0 bridgehead atoms. The van der Waals surface area contributed by atoms with E-state index < -0.39 is 0 Å². The maximum atomic E-state index is 4.70. The molecule has 0 spiro atoms. The van der Waals surface area contributed by atoms with E-state index in [1.54, 1.807) is 7.11 Å². The lowest BCUT2D eigenvalue weighted by Gasteiger charge is -2.12. The number of nitrogens with one attached hydrogen (secondary N) is 1. The van der Waals surface area contributed by atoms with Crippen molar-refractivity contribution >= 4 is 24.8 Å². The van der Waals surface area contributed by atoms with Crippen LogP contribution >= 0.6 is 24.8 Å². The number of rotatable bonds is 2. The maximum Gasteiger partial charge on any atom is 0.0588 e. The molecule has 0 aromatic heterocycles. The molecule has 10 heavy (non-hydrogen) atoms. The van der Waals surface area contributed by atoms with Crippen LogP contribution in [0.15, 0.2) is 0 Å². The number of hydrogen-bond donors (Lipinski definition) is 1. The van der Waals surface area contributed by atoms with Gasteiger partial charge < -0.3 is 0 Å². The molecule has 0 aliphatic carbocycles. The molecule has 0 unspecified atom stereocenters. The molecule has 64 valence electrons. The van der Waals surface area contributed by atoms with Crippen molar-refractivity contribution in [1.29, 1.82) is 0 Å². The van der Waals surface area contributed by atoms with Crippen molar-refractivity contribution in [2.24, 2.45) is 0 Å². The minimum Gasteiger partial charge on any atom is -0.290 e. The normalized spacial score (nSPS) is 17.7. The predicted molar refractivity (Wildman–Crippen MR) is 45.4 cm³/mol. The van der Waals surface area contributed by atoms with Gasteiger partial charge in [0, 0.05) is 13.1 Å². The zero-order valence-corrected chi connectivity index (χ0v) is 7.63. The van der Waals surface area contributed by atoms with Gasteiger partial charge in [0.25, 0.3) is 0 Å². The zero-order chi connectivity index (χ0) is 5.82. The van der Waals surface area contributed by atoms with Gasteiger partial charge in [-0.3, -0.25) is 4.84 Å². The Morgan fingerprint density at radius 2 is 1.70 bits per heavy atom. The van der Waals surface area contributed by atoms with E-state index in [-0.39, 0.29) is 24.8 Å². The highest BCUT2D eigenvalue weighted by Gasteiger charge is 2.08. The summed E-state index contributed by atoms with van der Waals surface area (Å²) in [7, 11) is 1.64. The minimum absolute atomic E-state index is 0. The lowest BCUT2D eigenvalue weighted by molar-refractivity contribution is -0.0429. The van der Waals surface area contributed by atoms with E-state index in [0.29, 0.717) is 0 Å². The van der Waals surface area contributed by atoms with E-state index in [0.717, 1.165) is 13.1 Å². The van der Waals surface area contributed by atoms with E-state index in [4.69, 9.17) is 4.84 Å². The molecule has 1 N–H and O–H groups in total. The topological polar surface area (TPSA) is 24.5 Å². The maximum absolute atomic E-state index is 4.70. The van der Waals surface area contributed by atoms with Crippen molar-refractivity contribution in [1.82, 2.24) is 10.6 Å². The van der Waals surface area contributed by atoms with Gasteiger partial charge in [-0.2, -0.15) is 0 Å². The standard InChI is InChI=1S/C5H12N2O.2ClH/c1-8-6-7-4-2-3-5-7;;/h6H,2-5H2,1H3;2*1H. The third-order valence-corrected chi connectivity index (χ3v) is 1.33. The summed E-state index contributed by atoms with van der Waals surface area (Å²) in [4.78, 5) is 4.70. The molecule has 0 amide bonds. The summed E-state index contributed by atoms with van der Waals surface area (Å²) in [5.74, 6) is 0. The number of hydrogen-bond acceptors (Lipinski definition) is 3. The highest BCUT2D eigenvalue weighted by Crippen LogP contribution is 2.02. The Morgan fingerprint density at radius 1 is 1.20 bits per heavy atom. The molecule has 0 aromatic carbocycles. The Balaban J connectivity index is 0. The van der Waals surface area contributed by atoms with Crippen LogP contribution in [0.1, 0.15) is 12.8 Å². The minimum atomic E-state index is 0. The second-order valence-corrected chi connectivity index (χ2v) is 1.99. The summed E-state index contributed by atoms with van der Waals surface area (Å²) in [6.07, 6.45) is 2.58. The van der Waals surface area contributed by atoms with Crippen LogP contribution in [-0.4, -0.2) is 25.2 Å². The van der Waals surface area contributed by atoms with Crippen LogP contribution < -0.4 is 5.59 Å². The van der Waals surface area contributed by atoms with E-state index in [1.165, 1.54) is 12.8 Å². The van der Waals surface area contributed by atoms with Gasteiger partial charge in [0.1, 0.15) is 0 Å². The highest BCUT2D eigenvalue weighted by atomic mass is 35.5. The van der Waals surface area contributed by atoms with Crippen LogP contribution in [0.2, 0.25) is 0 Å². The molecule has 5 heteroatoms. The summed E-state index contributed by atoms with van der Waals surface area (Å²) < 4.78 is 0. The average Bonchev–Trinajstić information content (AvgIpc) is 2.19. The van der Waals surface area contributed by atoms with E-state index in [9.17, 15) is 0 Å². The van der Waals surface area contributed by atoms with Gasteiger partial charge in [-0.25, -0.2) is 5.01 Å². The highest BCUT2D eigenvalue weighted by molar-refractivity contribution is 5.85. The van der Waals surface area contributed by atoms with Gasteiger partial charge in [0.05, 0.1) is 7.11 Å². The Morgan fingerprint density at radius 3 is 2.10 bits per heavy atom. The fourth-order valence-electron chi connectivity index (χ4n) is 0.938. The predicted octanol–water partition coefficient (Wildman–Crippen LogP) is 0.992. The Hall–Kier alpha value is 0.460. The van der Waals surface area contributed by atoms with Crippen molar-refractivity contribution in [2.75, 3.05) is 20.2 Å². The molecule has 1 heterocycles. The monoisotopic (exact) mass is 188 g/mol. The molecule has 1 fully saturated rings. The molecule has 1 aliphatic heterocycles. The molecule has 1 saturated heterocycles. The van der Waals surface area contributed by atoms with Gasteiger partial charge in [0.15, 0.2) is 0 Å². The summed E-state index contributed by atoms with van der Waals surface area (Å²) >= 11 is 0. The summed E-state index contributed by atoms with van der Waals surface area (Å²) in [6, 6.07) is 0. The third kappa shape index (κ3) is 4.30. The smallest absolute Gasteiger partial charge is 0.0588 e. The SMILES string of the molecule is CONN1CCCC1.Cl.Cl. The van der Waals surface area contributed by atoms with Crippen LogP contribution in [0.25, 0.3) is 0 Å². The Bertz CT molecular complexity index is 68.7. The van der Waals surface area contributed by atoms with Gasteiger partial charge in [0.2, 0.25) is 0 Å². The first kappa shape index (κ1) is 13.1. The quantitative estimate of drug-likeness (QED) is 0.655. The second kappa shape index (κ2) is 7.57. The molecule has 0 saturated carbocycles. The van der Waals surface area contributed by atoms with Crippen LogP contribution in [0, 0.1) is 0 Å². The molecule has 1 rings (SSSR count). The Kier molecular flexibility index (Phi) is 9.90. The molecule has 1 aliphatic rings. The first-order chi connectivity index (χ1) is 3.93. The summed E-state index contributed by atoms with van der Waals surface area (Å²) in [5.41, 5.74) is 2.78. The van der Waals surface area contributed by atoms with Gasteiger partial charge in [-0.05, 0) is 12.8 Å². The molecule has 3 nitrogen and oxygen atoms in total. The van der Waals surface area contributed by atoms with Crippen molar-refractivity contribution in [3.05, 3.63) is 0 Å². The van der Waals surface area contributed by atoms with E-state index in [2.05, 4.69) is 10.6 Å². The number of hydrazine groups is 1. The summed E-state index contributed by atoms with van der Waals surface area (Å²) in [6.45, 7) is 2.24. The largest absolute Gasteiger partial charge is 0.290 e. The molecule has 0 radical (unpaired) electrons. The fraction of sp³-hybridized carbons (Fsp3) is 1.00. The average molecular weight is 189 g/mol. The van der Waals surface area contributed by atoms with Crippen LogP contribution in [0.5, 0.6) is 0 Å². The van der Waals surface area contributed by atoms with Crippen LogP contribution in [0.4, 0.5) is 0 Å². The van der Waals surface area contributed by atoms with Crippen molar-refractivity contribution in [3.63, 3.8) is 0 Å². The number of halogens is 2. The summed E-state index contributed by atoms with van der Waals surface area (Å²) in [5, 5.41) is 2.07. The molecule has 0 aromatic rings. The van der Waals surface area contributed by atoms with Crippen molar-refractivity contribution in [3.8, 4) is 0 Å². The van der Waals surface area contributed by atoms with Crippen molar-refractivity contribution < 1.29 is 4.84 Å². The first-order valence-electron chi connectivity index (χ1n) is 2.97. The van der Waals surface area contributed by atoms with Crippen LogP contribution in [-0.2, 0) is 4.84 Å².